The van der Waals surface area contributed by atoms with E-state index in [9.17, 15) is 4.79 Å². The molecule has 2 fully saturated rings. The Morgan fingerprint density at radius 3 is 2.38 bits per heavy atom. The number of nitrogens with zero attached hydrogens (tertiary/aromatic N) is 2. The Morgan fingerprint density at radius 1 is 1.08 bits per heavy atom. The molecule has 2 aliphatic rings. The van der Waals surface area contributed by atoms with E-state index in [2.05, 4.69) is 50.8 Å². The minimum atomic E-state index is 0. The van der Waals surface area contributed by atoms with Gasteiger partial charge in [-0.15, -0.1) is 12.4 Å². The van der Waals surface area contributed by atoms with Crippen LogP contribution in [0, 0.1) is 5.92 Å². The lowest BCUT2D eigenvalue weighted by atomic mass is 10.0. The van der Waals surface area contributed by atoms with Gasteiger partial charge in [0.1, 0.15) is 0 Å². The second-order valence-electron chi connectivity index (χ2n) is 6.60. The summed E-state index contributed by atoms with van der Waals surface area (Å²) in [5.74, 6) is 0.424. The van der Waals surface area contributed by atoms with Crippen LogP contribution >= 0.6 is 12.4 Å². The molecule has 2 saturated heterocycles. The maximum absolute atomic E-state index is 11.7. The first-order chi connectivity index (χ1) is 11.3. The van der Waals surface area contributed by atoms with Crippen LogP contribution in [0.2, 0.25) is 0 Å². The summed E-state index contributed by atoms with van der Waals surface area (Å²) >= 11 is 0. The first-order valence-electron chi connectivity index (χ1n) is 8.78. The van der Waals surface area contributed by atoms with Crippen molar-refractivity contribution in [3.63, 3.8) is 0 Å². The monoisotopic (exact) mass is 352 g/mol. The second kappa shape index (κ2) is 9.99. The fourth-order valence-corrected chi connectivity index (χ4v) is 3.15. The molecule has 0 radical (unpaired) electrons. The Balaban J connectivity index is 0.00000208. The van der Waals surface area contributed by atoms with E-state index in [1.807, 2.05) is 0 Å². The van der Waals surface area contributed by atoms with Gasteiger partial charge in [0.05, 0.1) is 5.92 Å². The van der Waals surface area contributed by atoms with Crippen LogP contribution in [0.25, 0.3) is 0 Å². The van der Waals surface area contributed by atoms with Gasteiger partial charge >= 0.3 is 0 Å². The van der Waals surface area contributed by atoms with Crippen LogP contribution in [0.4, 0.5) is 0 Å². The van der Waals surface area contributed by atoms with Gasteiger partial charge < -0.3 is 15.5 Å². The Morgan fingerprint density at radius 2 is 1.75 bits per heavy atom. The molecule has 0 aromatic heterocycles. The Labute approximate surface area is 151 Å². The van der Waals surface area contributed by atoms with Gasteiger partial charge in [0.15, 0.2) is 0 Å². The highest BCUT2D eigenvalue weighted by Crippen LogP contribution is 2.08. The first-order valence-corrected chi connectivity index (χ1v) is 8.78. The van der Waals surface area contributed by atoms with Crippen LogP contribution in [-0.2, 0) is 11.3 Å². The summed E-state index contributed by atoms with van der Waals surface area (Å²) < 4.78 is 0. The molecule has 6 heteroatoms. The molecule has 0 atom stereocenters. The van der Waals surface area contributed by atoms with Crippen molar-refractivity contribution in [3.05, 3.63) is 35.9 Å². The van der Waals surface area contributed by atoms with Crippen molar-refractivity contribution in [1.29, 1.82) is 0 Å². The zero-order valence-corrected chi connectivity index (χ0v) is 15.1. The standard InChI is InChI=1S/C18H28N4O.ClH/c23-18(17-13-19-14-17)20-7-4-8-21-9-11-22(12-10-21)15-16-5-2-1-3-6-16;/h1-3,5-6,17,19H,4,7-15H2,(H,20,23);1H. The molecule has 1 amide bonds. The molecule has 2 N–H and O–H groups in total. The third kappa shape index (κ3) is 5.74. The summed E-state index contributed by atoms with van der Waals surface area (Å²) in [6.45, 7) is 9.16. The largest absolute Gasteiger partial charge is 0.356 e. The number of hydrogen-bond donors (Lipinski definition) is 2. The average molecular weight is 353 g/mol. The fourth-order valence-electron chi connectivity index (χ4n) is 3.15. The van der Waals surface area contributed by atoms with Gasteiger partial charge in [-0.05, 0) is 18.5 Å². The third-order valence-electron chi connectivity index (χ3n) is 4.82. The van der Waals surface area contributed by atoms with Gasteiger partial charge in [-0.25, -0.2) is 0 Å². The molecular weight excluding hydrogens is 324 g/mol. The van der Waals surface area contributed by atoms with Crippen LogP contribution in [0.15, 0.2) is 30.3 Å². The van der Waals surface area contributed by atoms with E-state index in [4.69, 9.17) is 0 Å². The summed E-state index contributed by atoms with van der Waals surface area (Å²) in [6.07, 6.45) is 1.05. The fraction of sp³-hybridized carbons (Fsp3) is 0.611. The molecule has 3 rings (SSSR count). The predicted octanol–water partition coefficient (Wildman–Crippen LogP) is 0.952. The Bertz CT molecular complexity index is 487. The maximum Gasteiger partial charge on any atom is 0.225 e. The molecule has 24 heavy (non-hydrogen) atoms. The molecule has 2 aliphatic heterocycles. The van der Waals surface area contributed by atoms with Crippen molar-refractivity contribution >= 4 is 18.3 Å². The van der Waals surface area contributed by atoms with E-state index in [0.29, 0.717) is 0 Å². The van der Waals surface area contributed by atoms with E-state index < -0.39 is 0 Å². The number of nitrogens with one attached hydrogen (secondary N) is 2. The van der Waals surface area contributed by atoms with E-state index in [1.165, 1.54) is 5.56 Å². The number of rotatable bonds is 7. The molecule has 1 aromatic rings. The van der Waals surface area contributed by atoms with Gasteiger partial charge in [0.25, 0.3) is 0 Å². The number of amides is 1. The summed E-state index contributed by atoms with van der Waals surface area (Å²) in [4.78, 5) is 16.8. The Hall–Kier alpha value is -1.14. The van der Waals surface area contributed by atoms with Crippen molar-refractivity contribution in [2.24, 2.45) is 5.92 Å². The zero-order valence-electron chi connectivity index (χ0n) is 14.2. The smallest absolute Gasteiger partial charge is 0.225 e. The molecule has 0 spiro atoms. The number of halogens is 1. The summed E-state index contributed by atoms with van der Waals surface area (Å²) in [6, 6.07) is 10.7. The SMILES string of the molecule is Cl.O=C(NCCCN1CCN(Cc2ccccc2)CC1)C1CNC1. The molecule has 134 valence electrons. The van der Waals surface area contributed by atoms with Gasteiger partial charge in [0.2, 0.25) is 5.91 Å². The first kappa shape index (κ1) is 19.2. The minimum absolute atomic E-state index is 0. The highest BCUT2D eigenvalue weighted by atomic mass is 35.5. The van der Waals surface area contributed by atoms with Gasteiger partial charge in [-0.3, -0.25) is 9.69 Å². The number of hydrogen-bond acceptors (Lipinski definition) is 4. The zero-order chi connectivity index (χ0) is 15.9. The molecule has 0 bridgehead atoms. The molecule has 0 unspecified atom stereocenters. The summed E-state index contributed by atoms with van der Waals surface area (Å²) in [7, 11) is 0. The average Bonchev–Trinajstić information content (AvgIpc) is 2.52. The van der Waals surface area contributed by atoms with Crippen molar-refractivity contribution in [2.45, 2.75) is 13.0 Å². The maximum atomic E-state index is 11.7. The van der Waals surface area contributed by atoms with E-state index in [-0.39, 0.29) is 24.2 Å². The third-order valence-corrected chi connectivity index (χ3v) is 4.82. The van der Waals surface area contributed by atoms with E-state index >= 15 is 0 Å². The lowest BCUT2D eigenvalue weighted by Gasteiger charge is -2.34. The van der Waals surface area contributed by atoms with E-state index in [1.54, 1.807) is 0 Å². The molecule has 1 aromatic carbocycles. The molecule has 0 aliphatic carbocycles. The van der Waals surface area contributed by atoms with Crippen molar-refractivity contribution < 1.29 is 4.79 Å². The molecular formula is C18H29ClN4O. The Kier molecular flexibility index (Phi) is 7.99. The van der Waals surface area contributed by atoms with Crippen LogP contribution in [0.3, 0.4) is 0 Å². The lowest BCUT2D eigenvalue weighted by molar-refractivity contribution is -0.126. The van der Waals surface area contributed by atoms with Gasteiger partial charge in [0, 0.05) is 52.4 Å². The van der Waals surface area contributed by atoms with Crippen LogP contribution in [0.1, 0.15) is 12.0 Å². The highest BCUT2D eigenvalue weighted by molar-refractivity contribution is 5.85. The number of piperazine rings is 1. The summed E-state index contributed by atoms with van der Waals surface area (Å²) in [5.41, 5.74) is 1.40. The normalized spacial score (nSPS) is 19.3. The summed E-state index contributed by atoms with van der Waals surface area (Å²) in [5, 5.41) is 6.18. The van der Waals surface area contributed by atoms with Crippen molar-refractivity contribution in [2.75, 3.05) is 52.4 Å². The molecule has 0 saturated carbocycles. The lowest BCUT2D eigenvalue weighted by Crippen LogP contribution is -2.51. The quantitative estimate of drug-likeness (QED) is 0.717. The van der Waals surface area contributed by atoms with Gasteiger partial charge in [-0.1, -0.05) is 30.3 Å². The number of carbonyl (C=O) groups excluding carboxylic acids is 1. The topological polar surface area (TPSA) is 47.6 Å². The van der Waals surface area contributed by atoms with Crippen LogP contribution in [0.5, 0.6) is 0 Å². The van der Waals surface area contributed by atoms with Crippen molar-refractivity contribution in [3.8, 4) is 0 Å². The van der Waals surface area contributed by atoms with Crippen molar-refractivity contribution in [1.82, 2.24) is 20.4 Å². The van der Waals surface area contributed by atoms with Crippen LogP contribution < -0.4 is 10.6 Å². The van der Waals surface area contributed by atoms with Crippen LogP contribution in [-0.4, -0.2) is 68.1 Å². The predicted molar refractivity (Wildman–Crippen MR) is 99.4 cm³/mol. The number of carbonyl (C=O) groups is 1. The van der Waals surface area contributed by atoms with Gasteiger partial charge in [-0.2, -0.15) is 0 Å². The molecule has 2 heterocycles. The highest BCUT2D eigenvalue weighted by Gasteiger charge is 2.24. The minimum Gasteiger partial charge on any atom is -0.356 e. The van der Waals surface area contributed by atoms with E-state index in [0.717, 1.165) is 65.3 Å². The number of benzene rings is 1. The molecule has 5 nitrogen and oxygen atoms in total. The second-order valence-corrected chi connectivity index (χ2v) is 6.60.